The largest absolute Gasteiger partial charge is 0.481 e. The average molecular weight is 1470 g/mol. The Morgan fingerprint density at radius 2 is 0.586 bits per heavy atom. The molecule has 0 spiro atoms. The fourth-order valence-corrected chi connectivity index (χ4v) is 4.50. The third-order valence-electron chi connectivity index (χ3n) is 13.6. The molecule has 32 heteroatoms. The Hall–Kier alpha value is -7.79. The molecular weight excluding hydrogens is 1370 g/mol. The van der Waals surface area contributed by atoms with Crippen molar-refractivity contribution in [3.8, 4) is 98.8 Å². The van der Waals surface area contributed by atoms with Crippen molar-refractivity contribution in [1.82, 2.24) is 9.44 Å². The van der Waals surface area contributed by atoms with Gasteiger partial charge in [0.1, 0.15) is 5.54 Å². The smallest absolute Gasteiger partial charge is 0.452 e. The topological polar surface area (TPSA) is 342 Å². The van der Waals surface area contributed by atoms with Crippen molar-refractivity contribution >= 4 is 78.5 Å². The van der Waals surface area contributed by atoms with Crippen LogP contribution in [0.3, 0.4) is 0 Å². The minimum Gasteiger partial charge on any atom is -0.481 e. The van der Waals surface area contributed by atoms with Crippen LogP contribution in [-0.4, -0.2) is 117 Å². The van der Waals surface area contributed by atoms with Crippen molar-refractivity contribution in [3.05, 3.63) is 0 Å². The molecule has 0 unspecified atom stereocenters. The molecule has 0 aliphatic rings. The van der Waals surface area contributed by atoms with E-state index in [4.69, 9.17) is 83.9 Å². The second kappa shape index (κ2) is 45.1. The first-order chi connectivity index (χ1) is 43.4. The van der Waals surface area contributed by atoms with Crippen LogP contribution >= 0.6 is 25.6 Å². The number of carbonyl (C=O) groups is 9. The minimum absolute atomic E-state index is 0.0625. The van der Waals surface area contributed by atoms with Crippen molar-refractivity contribution < 1.29 is 111 Å². The summed E-state index contributed by atoms with van der Waals surface area (Å²) in [6, 6.07) is 0. The van der Waals surface area contributed by atoms with Gasteiger partial charge in [0.25, 0.3) is 17.3 Å². The van der Waals surface area contributed by atoms with Gasteiger partial charge >= 0.3 is 42.6 Å². The number of hydrogen-bond donors (Lipinski definition) is 11. The number of thiol groups is 2. The number of aliphatic carboxylic acids is 3. The highest BCUT2D eigenvalue weighted by atomic mass is 32.1. The molecule has 0 fully saturated rings. The lowest BCUT2D eigenvalue weighted by molar-refractivity contribution is -0.184. The van der Waals surface area contributed by atoms with Gasteiger partial charge in [0.15, 0.2) is 16.2 Å². The molecule has 13 N–H and O–H groups in total. The van der Waals surface area contributed by atoms with E-state index in [9.17, 15) is 95.8 Å². The van der Waals surface area contributed by atoms with E-state index < -0.39 is 128 Å². The quantitative estimate of drug-likeness (QED) is 0.0396. The number of amides is 2. The SMILES string of the molecule is C#CC(C#C)(C(=O)C(F)(F)F)C(C)(C)C.C#CC(C#C)(C(=O)C(F)(F)F)C(C)(C)C(=O)NS.C#CC(C#C)(C(=O)C(F)(F)F)C(C)(C)C(=O)O.C#CC(N)(C#C)C(=O)O.CC.CC.CC(C)(C)C(C)(C)C.CC(C)(C)C(C)(C)N.CC(C)(N)C(=O)O.CN.O=C(CC(=O)C(F)(F)F)NS. The summed E-state index contributed by atoms with van der Waals surface area (Å²) in [4.78, 5) is 96.4. The zero-order valence-electron chi connectivity index (χ0n) is 60.6. The van der Waals surface area contributed by atoms with Crippen LogP contribution in [0.15, 0.2) is 0 Å². The number of alkyl halides is 12. The van der Waals surface area contributed by atoms with Gasteiger partial charge in [-0.15, -0.1) is 51.4 Å². The van der Waals surface area contributed by atoms with Crippen LogP contribution in [0.1, 0.15) is 173 Å². The monoisotopic (exact) mass is 1470 g/mol. The summed E-state index contributed by atoms with van der Waals surface area (Å²) in [7, 11) is 1.50. The predicted octanol–water partition coefficient (Wildman–Crippen LogP) is 11.0. The Morgan fingerprint density at radius 1 is 0.364 bits per heavy atom. The van der Waals surface area contributed by atoms with Crippen LogP contribution in [0.25, 0.3) is 0 Å². The van der Waals surface area contributed by atoms with Crippen LogP contribution < -0.4 is 32.4 Å². The van der Waals surface area contributed by atoms with Crippen molar-refractivity contribution in [2.24, 2.45) is 71.7 Å². The van der Waals surface area contributed by atoms with Gasteiger partial charge in [-0.1, -0.05) is 184 Å². The summed E-state index contributed by atoms with van der Waals surface area (Å²) < 4.78 is 149. The van der Waals surface area contributed by atoms with Crippen molar-refractivity contribution in [3.63, 3.8) is 0 Å². The maximum Gasteiger partial charge on any atom is 0.452 e. The van der Waals surface area contributed by atoms with E-state index in [0.717, 1.165) is 27.7 Å². The highest BCUT2D eigenvalue weighted by molar-refractivity contribution is 7.78. The molecule has 0 rings (SSSR count). The standard InChI is InChI=1S/C11H10F3NO2S.C11H9F3O3.C11H11F3O.C8H18.C7H17N.C6H5NO2.C4H4F3NO2S.C4H9NO2.2C2H6.CH5N/c1-5-10(6-2,7(16)11(12,13)14)9(3,4)8(17)15-18;1-5-10(6-2,7(15)11(12,13)14)9(3,4)8(16)17;1-6-10(7-2,9(3,4)5)8(15)11(12,13)14;1-7(2,3)8(4,5)6;1-6(2,3)7(4,5)8;1-3-6(7,4-2)5(8)9;5-4(6,7)2(9)1-3(10)8-11;1-4(2,5)3(6)7;3*1-2/h1-2,18H,3-4H3,(H,15,17);1-2H,3-4H3,(H,16,17);1-2H,3-5H3;1-6H3;8H2,1-5H3;1-2H,7H2,(H,8,9);11H,1H2,(H,8,10);5H2,1-2H3,(H,6,7);2*1-2H3;2H2,1H3. The second-order valence-corrected chi connectivity index (χ2v) is 25.8. The lowest BCUT2D eigenvalue weighted by atomic mass is 9.63. The molecule has 0 aliphatic heterocycles. The lowest BCUT2D eigenvalue weighted by Crippen LogP contribution is -2.54. The summed E-state index contributed by atoms with van der Waals surface area (Å²) in [6.45, 7) is 43.1. The zero-order valence-corrected chi connectivity index (χ0v) is 62.4. The van der Waals surface area contributed by atoms with Gasteiger partial charge in [-0.05, 0) is 84.1 Å². The number of rotatable bonds is 11. The molecule has 0 saturated heterocycles. The van der Waals surface area contributed by atoms with E-state index in [-0.39, 0.29) is 11.0 Å². The van der Waals surface area contributed by atoms with Crippen LogP contribution in [-0.2, 0) is 43.2 Å². The Morgan fingerprint density at radius 3 is 0.687 bits per heavy atom. The van der Waals surface area contributed by atoms with Gasteiger partial charge in [0.2, 0.25) is 23.1 Å². The third-order valence-corrected chi connectivity index (χ3v) is 14.0. The van der Waals surface area contributed by atoms with E-state index in [1.165, 1.54) is 53.5 Å². The normalized spacial score (nSPS) is 11.6. The van der Waals surface area contributed by atoms with E-state index in [1.54, 1.807) is 40.2 Å². The summed E-state index contributed by atoms with van der Waals surface area (Å²) in [6.07, 6.45) is 17.4. The maximum absolute atomic E-state index is 12.5. The molecule has 18 nitrogen and oxygen atoms in total. The van der Waals surface area contributed by atoms with Crippen LogP contribution in [0.4, 0.5) is 52.7 Å². The number of carbonyl (C=O) groups excluding carboxylic acids is 6. The Kier molecular flexibility index (Phi) is 52.5. The first-order valence-electron chi connectivity index (χ1n) is 28.2. The second-order valence-electron chi connectivity index (χ2n) is 25.4. The molecule has 0 heterocycles. The molecule has 0 aromatic carbocycles. The maximum atomic E-state index is 12.5. The van der Waals surface area contributed by atoms with Gasteiger partial charge in [0, 0.05) is 5.54 Å². The van der Waals surface area contributed by atoms with Crippen LogP contribution in [0, 0.1) is 147 Å². The van der Waals surface area contributed by atoms with Crippen molar-refractivity contribution in [2.75, 3.05) is 7.05 Å². The number of halogens is 12. The first kappa shape index (κ1) is 115. The van der Waals surface area contributed by atoms with Gasteiger partial charge in [-0.25, -0.2) is 4.79 Å². The lowest BCUT2D eigenvalue weighted by Gasteiger charge is -2.36. The van der Waals surface area contributed by atoms with Crippen LogP contribution in [0.5, 0.6) is 0 Å². The summed E-state index contributed by atoms with van der Waals surface area (Å²) in [5, 5.41) is 25.2. The fourth-order valence-electron chi connectivity index (χ4n) is 4.14. The van der Waals surface area contributed by atoms with Crippen molar-refractivity contribution in [1.29, 1.82) is 0 Å². The molecule has 99 heavy (non-hydrogen) atoms. The molecule has 0 aromatic rings. The molecule has 0 bridgehead atoms. The van der Waals surface area contributed by atoms with Crippen molar-refractivity contribution in [2.45, 2.75) is 214 Å². The highest BCUT2D eigenvalue weighted by Crippen LogP contribution is 2.46. The minimum atomic E-state index is -5.30. The number of carboxylic acid groups (broad SMARTS) is 3. The number of nitrogens with one attached hydrogen (secondary N) is 2. The summed E-state index contributed by atoms with van der Waals surface area (Å²) in [5.41, 5.74) is 5.18. The molecule has 0 saturated carbocycles. The third kappa shape index (κ3) is 38.4. The number of nitrogens with two attached hydrogens (primary N) is 4. The fraction of sp³-hybridized carbons (Fsp3) is 0.627. The molecule has 0 radical (unpaired) electrons. The zero-order chi connectivity index (χ0) is 84.0. The van der Waals surface area contributed by atoms with Gasteiger partial charge in [-0.3, -0.25) is 44.1 Å². The number of Topliss-reactive ketones (excluding diaryl/α,β-unsaturated/α-hetero) is 4. The summed E-state index contributed by atoms with van der Waals surface area (Å²) >= 11 is 6.60. The van der Waals surface area contributed by atoms with Gasteiger partial charge < -0.3 is 42.0 Å². The Labute approximate surface area is 588 Å². The number of ketones is 4. The van der Waals surface area contributed by atoms with Gasteiger partial charge in [0.05, 0.1) is 17.3 Å². The number of terminal acetylenes is 8. The van der Waals surface area contributed by atoms with E-state index in [0.29, 0.717) is 10.8 Å². The van der Waals surface area contributed by atoms with E-state index in [1.807, 2.05) is 46.3 Å². The summed E-state index contributed by atoms with van der Waals surface area (Å²) in [5.74, 6) is -1.59. The molecule has 2 amide bonds. The van der Waals surface area contributed by atoms with Gasteiger partial charge in [-0.2, -0.15) is 52.7 Å². The average Bonchev–Trinajstić information content (AvgIpc) is 0.769. The Balaban J connectivity index is -0.000000100. The number of hydrogen-bond acceptors (Lipinski definition) is 15. The molecule has 0 aliphatic carbocycles. The molecule has 0 atom stereocenters. The highest BCUT2D eigenvalue weighted by Gasteiger charge is 2.63. The Bertz CT molecular complexity index is 2890. The predicted molar refractivity (Wildman–Crippen MR) is 366 cm³/mol. The first-order valence-corrected chi connectivity index (χ1v) is 29.1. The molecule has 566 valence electrons. The van der Waals surface area contributed by atoms with E-state index in [2.05, 4.69) is 93.7 Å². The van der Waals surface area contributed by atoms with E-state index >= 15 is 0 Å². The molecule has 0 aromatic heterocycles. The van der Waals surface area contributed by atoms with Crippen LogP contribution in [0.2, 0.25) is 0 Å². The number of carboxylic acids is 3. The molecular formula is C67H100F12N6O12S2.